The number of ether oxygens (including phenoxy) is 1. The van der Waals surface area contributed by atoms with Gasteiger partial charge in [-0.25, -0.2) is 8.42 Å². The van der Waals surface area contributed by atoms with Crippen LogP contribution in [-0.2, 0) is 14.8 Å². The summed E-state index contributed by atoms with van der Waals surface area (Å²) in [6.07, 6.45) is 2.20. The zero-order valence-corrected chi connectivity index (χ0v) is 18.9. The molecule has 1 N–H and O–H groups in total. The van der Waals surface area contributed by atoms with E-state index in [1.54, 1.807) is 31.2 Å². The Balaban J connectivity index is 2.03. The van der Waals surface area contributed by atoms with Crippen LogP contribution in [-0.4, -0.2) is 53.9 Å². The van der Waals surface area contributed by atoms with Crippen molar-refractivity contribution in [1.82, 2.24) is 5.32 Å². The summed E-state index contributed by atoms with van der Waals surface area (Å²) in [5.41, 5.74) is 1.51. The summed E-state index contributed by atoms with van der Waals surface area (Å²) in [7, 11) is -0.156. The molecule has 0 bridgehead atoms. The zero-order chi connectivity index (χ0) is 22.1. The van der Waals surface area contributed by atoms with Crippen LogP contribution in [0.5, 0.6) is 5.75 Å². The van der Waals surface area contributed by atoms with Gasteiger partial charge in [-0.15, -0.1) is 0 Å². The van der Waals surface area contributed by atoms with Crippen molar-refractivity contribution < 1.29 is 17.9 Å². The van der Waals surface area contributed by atoms with Gasteiger partial charge in [-0.05, 0) is 37.1 Å². The van der Waals surface area contributed by atoms with Crippen LogP contribution in [0.25, 0.3) is 0 Å². The molecule has 7 nitrogen and oxygen atoms in total. The number of anilines is 2. The van der Waals surface area contributed by atoms with E-state index in [4.69, 9.17) is 4.74 Å². The maximum absolute atomic E-state index is 12.8. The zero-order valence-electron chi connectivity index (χ0n) is 18.0. The van der Waals surface area contributed by atoms with Crippen LogP contribution in [0.2, 0.25) is 0 Å². The number of sulfonamides is 1. The first kappa shape index (κ1) is 23.5. The summed E-state index contributed by atoms with van der Waals surface area (Å²) >= 11 is 0. The van der Waals surface area contributed by atoms with Gasteiger partial charge in [0.2, 0.25) is 15.9 Å². The molecular weight excluding hydrogens is 402 g/mol. The lowest BCUT2D eigenvalue weighted by atomic mass is 10.2. The Morgan fingerprint density at radius 3 is 2.37 bits per heavy atom. The summed E-state index contributed by atoms with van der Waals surface area (Å²) in [5.74, 6) is 0.216. The van der Waals surface area contributed by atoms with Crippen LogP contribution in [0, 0.1) is 0 Å². The minimum Gasteiger partial charge on any atom is -0.497 e. The number of nitrogens with zero attached hydrogens (tertiary/aromatic N) is 2. The van der Waals surface area contributed by atoms with Crippen molar-refractivity contribution in [2.24, 2.45) is 0 Å². The van der Waals surface area contributed by atoms with Gasteiger partial charge in [0.1, 0.15) is 11.8 Å². The van der Waals surface area contributed by atoms with E-state index < -0.39 is 16.1 Å². The quantitative estimate of drug-likeness (QED) is 0.551. The number of benzene rings is 2. The van der Waals surface area contributed by atoms with Crippen LogP contribution in [0.3, 0.4) is 0 Å². The first-order valence-corrected chi connectivity index (χ1v) is 11.8. The van der Waals surface area contributed by atoms with Gasteiger partial charge in [0.05, 0.1) is 19.1 Å². The number of amides is 1. The minimum absolute atomic E-state index is 0.312. The van der Waals surface area contributed by atoms with E-state index in [9.17, 15) is 13.2 Å². The first-order valence-electron chi connectivity index (χ1n) is 9.95. The highest BCUT2D eigenvalue weighted by Gasteiger charge is 2.31. The predicted octanol–water partition coefficient (Wildman–Crippen LogP) is 2.88. The molecule has 0 radical (unpaired) electrons. The maximum Gasteiger partial charge on any atom is 0.243 e. The molecule has 0 saturated carbocycles. The van der Waals surface area contributed by atoms with E-state index in [1.165, 1.54) is 11.4 Å². The highest BCUT2D eigenvalue weighted by Crippen LogP contribution is 2.26. The number of nitrogens with one attached hydrogen (secondary N) is 1. The number of carbonyl (C=O) groups excluding carboxylic acids is 1. The molecule has 0 saturated heterocycles. The van der Waals surface area contributed by atoms with Gasteiger partial charge in [-0.1, -0.05) is 31.2 Å². The average molecular weight is 434 g/mol. The molecule has 2 rings (SSSR count). The first-order chi connectivity index (χ1) is 14.3. The van der Waals surface area contributed by atoms with Crippen molar-refractivity contribution in [3.05, 3.63) is 54.6 Å². The van der Waals surface area contributed by atoms with Crippen LogP contribution < -0.4 is 19.3 Å². The summed E-state index contributed by atoms with van der Waals surface area (Å²) in [6.45, 7) is 3.03. The van der Waals surface area contributed by atoms with Crippen molar-refractivity contribution in [2.45, 2.75) is 25.8 Å². The molecule has 0 aliphatic heterocycles. The Labute approximate surface area is 179 Å². The second-order valence-electron chi connectivity index (χ2n) is 7.09. The normalized spacial score (nSPS) is 12.1. The maximum atomic E-state index is 12.8. The molecule has 0 spiro atoms. The Kier molecular flexibility index (Phi) is 8.53. The van der Waals surface area contributed by atoms with E-state index in [1.807, 2.05) is 37.4 Å². The molecule has 164 valence electrons. The summed E-state index contributed by atoms with van der Waals surface area (Å²) in [5, 5.41) is 2.89. The number of para-hydroxylation sites is 1. The number of hydrogen-bond donors (Lipinski definition) is 1. The highest BCUT2D eigenvalue weighted by atomic mass is 32.2. The average Bonchev–Trinajstić information content (AvgIpc) is 2.74. The predicted molar refractivity (Wildman–Crippen MR) is 122 cm³/mol. The van der Waals surface area contributed by atoms with Crippen molar-refractivity contribution in [2.75, 3.05) is 42.7 Å². The molecule has 0 heterocycles. The highest BCUT2D eigenvalue weighted by molar-refractivity contribution is 7.92. The van der Waals surface area contributed by atoms with Gasteiger partial charge in [0.25, 0.3) is 0 Å². The monoisotopic (exact) mass is 433 g/mol. The van der Waals surface area contributed by atoms with Crippen molar-refractivity contribution >= 4 is 27.3 Å². The third-order valence-corrected chi connectivity index (χ3v) is 5.98. The minimum atomic E-state index is -3.67. The number of hydrogen-bond acceptors (Lipinski definition) is 5. The fraction of sp³-hybridized carbons (Fsp3) is 0.409. The molecule has 30 heavy (non-hydrogen) atoms. The number of rotatable bonds is 11. The van der Waals surface area contributed by atoms with E-state index in [2.05, 4.69) is 10.2 Å². The smallest absolute Gasteiger partial charge is 0.243 e. The second kappa shape index (κ2) is 10.9. The lowest BCUT2D eigenvalue weighted by Crippen LogP contribution is -2.49. The molecule has 0 aromatic heterocycles. The molecule has 0 aliphatic carbocycles. The molecule has 8 heteroatoms. The lowest BCUT2D eigenvalue weighted by molar-refractivity contribution is -0.122. The topological polar surface area (TPSA) is 79.0 Å². The van der Waals surface area contributed by atoms with Gasteiger partial charge in [-0.3, -0.25) is 9.10 Å². The molecular formula is C22H31N3O4S. The van der Waals surface area contributed by atoms with Crippen molar-refractivity contribution in [3.63, 3.8) is 0 Å². The van der Waals surface area contributed by atoms with E-state index in [0.29, 0.717) is 24.4 Å². The van der Waals surface area contributed by atoms with E-state index >= 15 is 0 Å². The summed E-state index contributed by atoms with van der Waals surface area (Å²) < 4.78 is 31.4. The summed E-state index contributed by atoms with van der Waals surface area (Å²) in [4.78, 5) is 15.0. The van der Waals surface area contributed by atoms with Crippen LogP contribution in [0.1, 0.15) is 19.8 Å². The van der Waals surface area contributed by atoms with Crippen molar-refractivity contribution in [1.29, 1.82) is 0 Å². The molecule has 1 amide bonds. The molecule has 2 aromatic rings. The van der Waals surface area contributed by atoms with Gasteiger partial charge >= 0.3 is 0 Å². The number of methoxy groups -OCH3 is 1. The van der Waals surface area contributed by atoms with Gasteiger partial charge in [-0.2, -0.15) is 0 Å². The Morgan fingerprint density at radius 1 is 1.10 bits per heavy atom. The number of carbonyl (C=O) groups is 1. The van der Waals surface area contributed by atoms with Crippen LogP contribution in [0.4, 0.5) is 11.4 Å². The SMILES string of the molecule is CC[C@H](C(=O)NCCCN(C)c1ccccc1)N(c1cccc(OC)c1)S(C)(=O)=O. The van der Waals surface area contributed by atoms with Crippen LogP contribution in [0.15, 0.2) is 54.6 Å². The third-order valence-electron chi connectivity index (χ3n) is 4.80. The van der Waals surface area contributed by atoms with Gasteiger partial charge in [0, 0.05) is 31.9 Å². The molecule has 0 fully saturated rings. The molecule has 1 atom stereocenters. The van der Waals surface area contributed by atoms with Gasteiger partial charge in [0.15, 0.2) is 0 Å². The second-order valence-corrected chi connectivity index (χ2v) is 8.95. The molecule has 0 unspecified atom stereocenters. The van der Waals surface area contributed by atoms with E-state index in [-0.39, 0.29) is 5.91 Å². The Bertz CT molecular complexity index is 919. The fourth-order valence-corrected chi connectivity index (χ4v) is 4.47. The van der Waals surface area contributed by atoms with E-state index in [0.717, 1.165) is 24.9 Å². The van der Waals surface area contributed by atoms with Gasteiger partial charge < -0.3 is 15.0 Å². The molecule has 2 aromatic carbocycles. The Hall–Kier alpha value is -2.74. The largest absolute Gasteiger partial charge is 0.497 e. The van der Waals surface area contributed by atoms with Crippen LogP contribution >= 0.6 is 0 Å². The molecule has 0 aliphatic rings. The standard InChI is InChI=1S/C22H31N3O4S/c1-5-21(25(30(4,27)28)19-13-9-14-20(17-19)29-3)22(26)23-15-10-16-24(2)18-11-7-6-8-12-18/h6-9,11-14,17,21H,5,10,15-16H2,1-4H3,(H,23,26)/t21-/m1/s1. The van der Waals surface area contributed by atoms with Crippen molar-refractivity contribution in [3.8, 4) is 5.75 Å². The fourth-order valence-electron chi connectivity index (χ4n) is 3.27. The Morgan fingerprint density at radius 2 is 1.77 bits per heavy atom. The summed E-state index contributed by atoms with van der Waals surface area (Å²) in [6, 6.07) is 15.9. The lowest BCUT2D eigenvalue weighted by Gasteiger charge is -2.30. The third kappa shape index (κ3) is 6.38.